The van der Waals surface area contributed by atoms with Gasteiger partial charge < -0.3 is 0 Å². The third-order valence-electron chi connectivity index (χ3n) is 3.63. The molecule has 0 spiro atoms. The van der Waals surface area contributed by atoms with Crippen molar-refractivity contribution in [2.45, 2.75) is 0 Å². The predicted octanol–water partition coefficient (Wildman–Crippen LogP) is 6.65. The minimum absolute atomic E-state index is 0.758. The molecular formula is C16H7BrCl2. The van der Waals surface area contributed by atoms with Gasteiger partial charge in [0.1, 0.15) is 0 Å². The molecule has 0 atom stereocenters. The Morgan fingerprint density at radius 3 is 2.16 bits per heavy atom. The third kappa shape index (κ3) is 1.53. The van der Waals surface area contributed by atoms with E-state index >= 15 is 0 Å². The maximum atomic E-state index is 6.36. The molecule has 4 rings (SSSR count). The Balaban J connectivity index is 2.47. The second-order valence-corrected chi connectivity index (χ2v) is 6.30. The first-order valence-electron chi connectivity index (χ1n) is 5.88. The summed E-state index contributed by atoms with van der Waals surface area (Å²) in [5, 5.41) is 8.40. The summed E-state index contributed by atoms with van der Waals surface area (Å²) in [6, 6.07) is 14.3. The van der Waals surface area contributed by atoms with Crippen LogP contribution in [0.5, 0.6) is 0 Å². The molecule has 4 aromatic rings. The highest BCUT2D eigenvalue weighted by molar-refractivity contribution is 9.10. The first kappa shape index (κ1) is 11.8. The molecule has 0 aliphatic rings. The van der Waals surface area contributed by atoms with Crippen molar-refractivity contribution in [1.82, 2.24) is 0 Å². The zero-order chi connectivity index (χ0) is 13.1. The first-order valence-corrected chi connectivity index (χ1v) is 7.43. The summed E-state index contributed by atoms with van der Waals surface area (Å²) >= 11 is 16.3. The monoisotopic (exact) mass is 348 g/mol. The molecule has 0 bridgehead atoms. The van der Waals surface area contributed by atoms with Crippen LogP contribution < -0.4 is 0 Å². The Morgan fingerprint density at radius 2 is 1.32 bits per heavy atom. The zero-order valence-electron chi connectivity index (χ0n) is 9.68. The van der Waals surface area contributed by atoms with Crippen LogP contribution in [0.4, 0.5) is 0 Å². The summed E-state index contributed by atoms with van der Waals surface area (Å²) in [5.74, 6) is 0. The van der Waals surface area contributed by atoms with Crippen molar-refractivity contribution in [1.29, 1.82) is 0 Å². The molecule has 0 unspecified atom stereocenters. The lowest BCUT2D eigenvalue weighted by Crippen LogP contribution is -1.86. The molecule has 92 valence electrons. The number of halogens is 3. The lowest BCUT2D eigenvalue weighted by atomic mass is 9.94. The molecule has 3 heteroatoms. The smallest absolute Gasteiger partial charge is 0.0496 e. The molecule has 0 nitrogen and oxygen atoms in total. The highest BCUT2D eigenvalue weighted by Crippen LogP contribution is 2.42. The van der Waals surface area contributed by atoms with Crippen LogP contribution in [0.25, 0.3) is 32.3 Å². The van der Waals surface area contributed by atoms with Gasteiger partial charge in [0.15, 0.2) is 0 Å². The van der Waals surface area contributed by atoms with Crippen molar-refractivity contribution >= 4 is 71.4 Å². The number of rotatable bonds is 0. The van der Waals surface area contributed by atoms with E-state index in [1.807, 2.05) is 12.1 Å². The number of hydrogen-bond donors (Lipinski definition) is 0. The highest BCUT2D eigenvalue weighted by atomic mass is 79.9. The standard InChI is InChI=1S/C16H7BrCl2/c17-12-7-14(19)11-3-1-8-2-6-13(18)10-5-4-9(12)16(11)15(8)10/h1-7H. The Bertz CT molecular complexity index is 922. The van der Waals surface area contributed by atoms with Crippen LogP contribution in [0.1, 0.15) is 0 Å². The molecule has 0 saturated heterocycles. The Hall–Kier alpha value is -1.02. The average Bonchev–Trinajstić information content (AvgIpc) is 2.41. The Labute approximate surface area is 128 Å². The summed E-state index contributed by atoms with van der Waals surface area (Å²) in [6.45, 7) is 0. The summed E-state index contributed by atoms with van der Waals surface area (Å²) in [6.07, 6.45) is 0. The average molecular weight is 350 g/mol. The molecule has 19 heavy (non-hydrogen) atoms. The van der Waals surface area contributed by atoms with E-state index < -0.39 is 0 Å². The van der Waals surface area contributed by atoms with Crippen LogP contribution in [0.3, 0.4) is 0 Å². The molecule has 0 aliphatic carbocycles. The van der Waals surface area contributed by atoms with E-state index in [0.29, 0.717) is 0 Å². The molecule has 0 amide bonds. The summed E-state index contributed by atoms with van der Waals surface area (Å²) in [4.78, 5) is 0. The van der Waals surface area contributed by atoms with Crippen LogP contribution in [-0.2, 0) is 0 Å². The van der Waals surface area contributed by atoms with Crippen molar-refractivity contribution < 1.29 is 0 Å². The van der Waals surface area contributed by atoms with Crippen LogP contribution in [0.15, 0.2) is 46.9 Å². The molecule has 0 aliphatic heterocycles. The van der Waals surface area contributed by atoms with Gasteiger partial charge in [0, 0.05) is 30.7 Å². The van der Waals surface area contributed by atoms with Gasteiger partial charge in [0.2, 0.25) is 0 Å². The molecule has 0 heterocycles. The van der Waals surface area contributed by atoms with E-state index in [1.165, 1.54) is 21.5 Å². The van der Waals surface area contributed by atoms with Gasteiger partial charge in [0.05, 0.1) is 0 Å². The topological polar surface area (TPSA) is 0 Å². The molecule has 0 N–H and O–H groups in total. The molecule has 4 aromatic carbocycles. The van der Waals surface area contributed by atoms with E-state index in [4.69, 9.17) is 23.2 Å². The van der Waals surface area contributed by atoms with Gasteiger partial charge in [-0.25, -0.2) is 0 Å². The largest absolute Gasteiger partial charge is 0.0837 e. The summed E-state index contributed by atoms with van der Waals surface area (Å²) < 4.78 is 1.01. The van der Waals surface area contributed by atoms with Crippen LogP contribution in [0, 0.1) is 0 Å². The van der Waals surface area contributed by atoms with Gasteiger partial charge in [-0.3, -0.25) is 0 Å². The van der Waals surface area contributed by atoms with E-state index in [9.17, 15) is 0 Å². The number of hydrogen-bond acceptors (Lipinski definition) is 0. The molecule has 0 aromatic heterocycles. The fourth-order valence-corrected chi connectivity index (χ4v) is 3.96. The van der Waals surface area contributed by atoms with Gasteiger partial charge in [-0.15, -0.1) is 0 Å². The van der Waals surface area contributed by atoms with E-state index in [0.717, 1.165) is 25.3 Å². The quantitative estimate of drug-likeness (QED) is 0.311. The lowest BCUT2D eigenvalue weighted by molar-refractivity contribution is 1.74. The van der Waals surface area contributed by atoms with Gasteiger partial charge in [-0.2, -0.15) is 0 Å². The summed E-state index contributed by atoms with van der Waals surface area (Å²) in [5.41, 5.74) is 0. The fraction of sp³-hybridized carbons (Fsp3) is 0. The minimum Gasteiger partial charge on any atom is -0.0837 e. The lowest BCUT2D eigenvalue weighted by Gasteiger charge is -2.13. The Kier molecular flexibility index (Phi) is 2.47. The second kappa shape index (κ2) is 3.99. The van der Waals surface area contributed by atoms with Gasteiger partial charge in [-0.05, 0) is 28.3 Å². The maximum absolute atomic E-state index is 6.36. The molecular weight excluding hydrogens is 343 g/mol. The van der Waals surface area contributed by atoms with Crippen molar-refractivity contribution in [2.24, 2.45) is 0 Å². The van der Waals surface area contributed by atoms with E-state index in [-0.39, 0.29) is 0 Å². The normalized spacial score (nSPS) is 11.9. The van der Waals surface area contributed by atoms with E-state index in [1.54, 1.807) is 0 Å². The van der Waals surface area contributed by atoms with Gasteiger partial charge >= 0.3 is 0 Å². The van der Waals surface area contributed by atoms with Crippen molar-refractivity contribution in [2.75, 3.05) is 0 Å². The Morgan fingerprint density at radius 1 is 0.684 bits per heavy atom. The van der Waals surface area contributed by atoms with Crippen molar-refractivity contribution in [3.8, 4) is 0 Å². The van der Waals surface area contributed by atoms with Crippen LogP contribution >= 0.6 is 39.1 Å². The zero-order valence-corrected chi connectivity index (χ0v) is 12.8. The van der Waals surface area contributed by atoms with Crippen LogP contribution in [-0.4, -0.2) is 0 Å². The van der Waals surface area contributed by atoms with Gasteiger partial charge in [0.25, 0.3) is 0 Å². The first-order chi connectivity index (χ1) is 9.16. The van der Waals surface area contributed by atoms with Crippen LogP contribution in [0.2, 0.25) is 10.0 Å². The molecule has 0 fully saturated rings. The maximum Gasteiger partial charge on any atom is 0.0496 e. The second-order valence-electron chi connectivity index (χ2n) is 4.63. The SMILES string of the molecule is Clc1ccc2ccc3c(Cl)cc(Br)c4ccc1c2c34. The minimum atomic E-state index is 0.758. The van der Waals surface area contributed by atoms with Gasteiger partial charge in [-0.1, -0.05) is 69.5 Å². The fourth-order valence-electron chi connectivity index (χ4n) is 2.78. The molecule has 0 saturated carbocycles. The van der Waals surface area contributed by atoms with Crippen molar-refractivity contribution in [3.05, 3.63) is 57.0 Å². The van der Waals surface area contributed by atoms with Crippen molar-refractivity contribution in [3.63, 3.8) is 0 Å². The predicted molar refractivity (Wildman–Crippen MR) is 87.9 cm³/mol. The van der Waals surface area contributed by atoms with E-state index in [2.05, 4.69) is 46.3 Å². The third-order valence-corrected chi connectivity index (χ3v) is 4.93. The highest BCUT2D eigenvalue weighted by Gasteiger charge is 2.13. The summed E-state index contributed by atoms with van der Waals surface area (Å²) in [7, 11) is 0. The number of benzene rings is 4. The molecule has 0 radical (unpaired) electrons.